The van der Waals surface area contributed by atoms with Crippen molar-refractivity contribution in [3.05, 3.63) is 84.5 Å². The van der Waals surface area contributed by atoms with Crippen molar-refractivity contribution in [2.24, 2.45) is 0 Å². The summed E-state index contributed by atoms with van der Waals surface area (Å²) in [5.74, 6) is 0. The predicted octanol–water partition coefficient (Wildman–Crippen LogP) is 3.12. The molecule has 0 aliphatic heterocycles. The van der Waals surface area contributed by atoms with Gasteiger partial charge in [-0.2, -0.15) is 0 Å². The van der Waals surface area contributed by atoms with Crippen molar-refractivity contribution >= 4 is 18.5 Å². The largest absolute Gasteiger partial charge is 0.393 e. The van der Waals surface area contributed by atoms with Crippen molar-refractivity contribution in [1.82, 2.24) is 0 Å². The van der Waals surface area contributed by atoms with Gasteiger partial charge in [0.1, 0.15) is 0 Å². The first kappa shape index (κ1) is 17.1. The highest BCUT2D eigenvalue weighted by molar-refractivity contribution is 7.73. The number of rotatable bonds is 4. The van der Waals surface area contributed by atoms with Crippen LogP contribution in [0.4, 0.5) is 0 Å². The molecule has 24 heavy (non-hydrogen) atoms. The fourth-order valence-electron chi connectivity index (χ4n) is 3.07. The lowest BCUT2D eigenvalue weighted by Crippen LogP contribution is -2.27. The molecule has 0 amide bonds. The van der Waals surface area contributed by atoms with E-state index in [0.717, 1.165) is 17.3 Å². The molecule has 124 valence electrons. The van der Waals surface area contributed by atoms with Crippen molar-refractivity contribution in [1.29, 1.82) is 0 Å². The third-order valence-corrected chi connectivity index (χ3v) is 6.81. The minimum atomic E-state index is -0.625. The van der Waals surface area contributed by atoms with E-state index in [9.17, 15) is 10.2 Å². The average Bonchev–Trinajstić information content (AvgIpc) is 2.61. The summed E-state index contributed by atoms with van der Waals surface area (Å²) in [5, 5.41) is 22.6. The molecule has 2 N–H and O–H groups in total. The lowest BCUT2D eigenvalue weighted by molar-refractivity contribution is 0.0862. The number of allylic oxidation sites excluding steroid dienone is 1. The van der Waals surface area contributed by atoms with Gasteiger partial charge in [-0.1, -0.05) is 73.3 Å². The standard InChI is InChI=1S/C21H23O2P/c1-16-17(14-18(22)15-21(16)23)12-13-24(19-8-4-2-5-9-19)20-10-6-3-7-11-20/h2-12,18,21-23H,1,13-15H2/b17-12-/t18-,21?/m1/s1. The molecule has 1 fully saturated rings. The SMILES string of the molecule is C=C1/C(=C\CP(c2ccccc2)c2ccccc2)C[C@@H](O)CC1O. The quantitative estimate of drug-likeness (QED) is 0.841. The summed E-state index contributed by atoms with van der Waals surface area (Å²) >= 11 is 0. The fraction of sp³-hybridized carbons (Fsp3) is 0.238. The normalized spacial score (nSPS) is 23.0. The van der Waals surface area contributed by atoms with E-state index in [0.29, 0.717) is 12.8 Å². The van der Waals surface area contributed by atoms with Crippen LogP contribution in [-0.4, -0.2) is 28.6 Å². The Hall–Kier alpha value is -1.73. The maximum atomic E-state index is 10.0. The van der Waals surface area contributed by atoms with Crippen LogP contribution in [-0.2, 0) is 0 Å². The minimum Gasteiger partial charge on any atom is -0.393 e. The highest BCUT2D eigenvalue weighted by atomic mass is 31.1. The van der Waals surface area contributed by atoms with Gasteiger partial charge in [-0.3, -0.25) is 0 Å². The van der Waals surface area contributed by atoms with Crippen LogP contribution in [0.3, 0.4) is 0 Å². The van der Waals surface area contributed by atoms with E-state index < -0.39 is 20.1 Å². The molecular weight excluding hydrogens is 315 g/mol. The van der Waals surface area contributed by atoms with Gasteiger partial charge < -0.3 is 10.2 Å². The smallest absolute Gasteiger partial charge is 0.0811 e. The summed E-state index contributed by atoms with van der Waals surface area (Å²) in [4.78, 5) is 0. The Morgan fingerprint density at radius 3 is 2.04 bits per heavy atom. The van der Waals surface area contributed by atoms with E-state index in [1.807, 2.05) is 12.1 Å². The van der Waals surface area contributed by atoms with E-state index >= 15 is 0 Å². The number of hydrogen-bond donors (Lipinski definition) is 2. The summed E-state index contributed by atoms with van der Waals surface area (Å²) in [6.45, 7) is 4.01. The molecule has 0 spiro atoms. The van der Waals surface area contributed by atoms with Gasteiger partial charge in [0.15, 0.2) is 0 Å². The van der Waals surface area contributed by atoms with Crippen LogP contribution in [0, 0.1) is 0 Å². The predicted molar refractivity (Wildman–Crippen MR) is 102 cm³/mol. The molecule has 2 aromatic rings. The van der Waals surface area contributed by atoms with Crippen LogP contribution < -0.4 is 10.6 Å². The Balaban J connectivity index is 1.87. The maximum absolute atomic E-state index is 10.0. The Morgan fingerprint density at radius 1 is 0.958 bits per heavy atom. The molecule has 2 aromatic carbocycles. The van der Waals surface area contributed by atoms with Crippen LogP contribution in [0.5, 0.6) is 0 Å². The lowest BCUT2D eigenvalue weighted by atomic mass is 9.86. The third-order valence-electron chi connectivity index (χ3n) is 4.42. The van der Waals surface area contributed by atoms with Crippen LogP contribution in [0.25, 0.3) is 0 Å². The molecule has 2 atom stereocenters. The molecule has 2 nitrogen and oxygen atoms in total. The average molecular weight is 338 g/mol. The Labute approximate surface area is 144 Å². The van der Waals surface area contributed by atoms with Crippen molar-refractivity contribution < 1.29 is 10.2 Å². The molecule has 1 saturated carbocycles. The van der Waals surface area contributed by atoms with Crippen molar-refractivity contribution in [2.45, 2.75) is 25.0 Å². The summed E-state index contributed by atoms with van der Waals surface area (Å²) in [5.41, 5.74) is 1.76. The van der Waals surface area contributed by atoms with Crippen LogP contribution in [0.2, 0.25) is 0 Å². The van der Waals surface area contributed by atoms with Crippen LogP contribution in [0.1, 0.15) is 12.8 Å². The fourth-order valence-corrected chi connectivity index (χ4v) is 5.26. The van der Waals surface area contributed by atoms with E-state index in [2.05, 4.69) is 61.2 Å². The van der Waals surface area contributed by atoms with Gasteiger partial charge in [0.05, 0.1) is 12.2 Å². The van der Waals surface area contributed by atoms with Gasteiger partial charge in [0.2, 0.25) is 0 Å². The Bertz CT molecular complexity index is 670. The highest BCUT2D eigenvalue weighted by Gasteiger charge is 2.25. The van der Waals surface area contributed by atoms with Crippen molar-refractivity contribution in [3.8, 4) is 0 Å². The topological polar surface area (TPSA) is 40.5 Å². The number of aliphatic hydroxyl groups is 2. The number of benzene rings is 2. The second-order valence-electron chi connectivity index (χ2n) is 6.15. The monoisotopic (exact) mass is 338 g/mol. The first-order valence-electron chi connectivity index (χ1n) is 8.27. The van der Waals surface area contributed by atoms with Crippen LogP contribution in [0.15, 0.2) is 84.5 Å². The molecule has 3 rings (SSSR count). The lowest BCUT2D eigenvalue weighted by Gasteiger charge is -2.27. The summed E-state index contributed by atoms with van der Waals surface area (Å²) in [7, 11) is -0.504. The van der Waals surface area contributed by atoms with E-state index in [4.69, 9.17) is 0 Å². The molecule has 0 radical (unpaired) electrons. The first-order valence-corrected chi connectivity index (χ1v) is 9.80. The molecule has 1 unspecified atom stereocenters. The van der Waals surface area contributed by atoms with Crippen molar-refractivity contribution in [2.75, 3.05) is 6.16 Å². The van der Waals surface area contributed by atoms with E-state index in [-0.39, 0.29) is 0 Å². The highest BCUT2D eigenvalue weighted by Crippen LogP contribution is 2.36. The van der Waals surface area contributed by atoms with E-state index in [1.54, 1.807) is 0 Å². The molecule has 0 aromatic heterocycles. The molecule has 0 saturated heterocycles. The molecule has 3 heteroatoms. The maximum Gasteiger partial charge on any atom is 0.0811 e. The van der Waals surface area contributed by atoms with Gasteiger partial charge >= 0.3 is 0 Å². The Kier molecular flexibility index (Phi) is 5.63. The van der Waals surface area contributed by atoms with Gasteiger partial charge in [-0.15, -0.1) is 0 Å². The van der Waals surface area contributed by atoms with Gasteiger partial charge in [-0.25, -0.2) is 0 Å². The molecule has 1 aliphatic rings. The molecule has 1 aliphatic carbocycles. The third kappa shape index (κ3) is 4.02. The van der Waals surface area contributed by atoms with Crippen LogP contribution >= 0.6 is 7.92 Å². The Morgan fingerprint density at radius 2 is 1.50 bits per heavy atom. The molecule has 0 bridgehead atoms. The second kappa shape index (κ2) is 7.90. The number of hydrogen-bond acceptors (Lipinski definition) is 2. The van der Waals surface area contributed by atoms with Gasteiger partial charge in [0, 0.05) is 6.42 Å². The van der Waals surface area contributed by atoms with Crippen molar-refractivity contribution in [3.63, 3.8) is 0 Å². The molecule has 0 heterocycles. The zero-order valence-corrected chi connectivity index (χ0v) is 14.6. The van der Waals surface area contributed by atoms with Gasteiger partial charge in [-0.05, 0) is 42.3 Å². The second-order valence-corrected chi connectivity index (χ2v) is 8.40. The first-order chi connectivity index (χ1) is 11.6. The summed E-state index contributed by atoms with van der Waals surface area (Å²) < 4.78 is 0. The number of aliphatic hydroxyl groups excluding tert-OH is 2. The van der Waals surface area contributed by atoms with E-state index in [1.165, 1.54) is 10.6 Å². The minimum absolute atomic E-state index is 0.391. The summed E-state index contributed by atoms with van der Waals surface area (Å²) in [6.07, 6.45) is 2.93. The molecular formula is C21H23O2P. The van der Waals surface area contributed by atoms with Gasteiger partial charge in [0.25, 0.3) is 0 Å². The zero-order chi connectivity index (χ0) is 16.9. The summed E-state index contributed by atoms with van der Waals surface area (Å²) in [6, 6.07) is 21.1. The zero-order valence-electron chi connectivity index (χ0n) is 13.7.